The predicted octanol–water partition coefficient (Wildman–Crippen LogP) is 0.587. The first-order valence-corrected chi connectivity index (χ1v) is 6.52. The quantitative estimate of drug-likeness (QED) is 0.786. The lowest BCUT2D eigenvalue weighted by Gasteiger charge is -2.16. The van der Waals surface area contributed by atoms with Gasteiger partial charge in [0.15, 0.2) is 0 Å². The largest absolute Gasteiger partial charge is 0.390 e. The van der Waals surface area contributed by atoms with Crippen LogP contribution in [0.5, 0.6) is 0 Å². The van der Waals surface area contributed by atoms with E-state index in [2.05, 4.69) is 22.3 Å². The van der Waals surface area contributed by atoms with E-state index in [0.717, 1.165) is 6.54 Å². The molecule has 1 aromatic carbocycles. The maximum Gasteiger partial charge on any atom is 0.235 e. The fraction of sp³-hybridized carbons (Fsp3) is 0.462. The van der Waals surface area contributed by atoms with Gasteiger partial charge in [-0.25, -0.2) is 0 Å². The smallest absolute Gasteiger partial charge is 0.235 e. The Bertz CT molecular complexity index is 399. The number of halogens is 1. The molecular weight excluding hydrogens is 252 g/mol. The van der Waals surface area contributed by atoms with E-state index in [9.17, 15) is 9.90 Å². The predicted molar refractivity (Wildman–Crippen MR) is 70.4 cm³/mol. The highest BCUT2D eigenvalue weighted by atomic mass is 35.5. The van der Waals surface area contributed by atoms with Crippen LogP contribution in [-0.4, -0.2) is 47.0 Å². The fourth-order valence-corrected chi connectivity index (χ4v) is 2.30. The van der Waals surface area contributed by atoms with Crippen LogP contribution in [0.4, 0.5) is 0 Å². The lowest BCUT2D eigenvalue weighted by atomic mass is 10.2. The van der Waals surface area contributed by atoms with Gasteiger partial charge in [-0.1, -0.05) is 30.3 Å². The summed E-state index contributed by atoms with van der Waals surface area (Å²) in [5, 5.41) is 12.6. The number of hydrogen-bond donors (Lipinski definition) is 2. The first-order valence-electron chi connectivity index (χ1n) is 5.98. The molecule has 0 aromatic heterocycles. The van der Waals surface area contributed by atoms with E-state index in [1.165, 1.54) is 5.56 Å². The average Bonchev–Trinajstić information content (AvgIpc) is 2.70. The number of aliphatic hydroxyl groups excluding tert-OH is 1. The van der Waals surface area contributed by atoms with Crippen molar-refractivity contribution in [2.75, 3.05) is 19.0 Å². The molecule has 1 amide bonds. The van der Waals surface area contributed by atoms with Gasteiger partial charge in [0.1, 0.15) is 5.88 Å². The molecule has 4 nitrogen and oxygen atoms in total. The van der Waals surface area contributed by atoms with E-state index in [1.54, 1.807) is 0 Å². The van der Waals surface area contributed by atoms with E-state index in [1.807, 2.05) is 18.2 Å². The zero-order valence-corrected chi connectivity index (χ0v) is 10.8. The summed E-state index contributed by atoms with van der Waals surface area (Å²) in [5.74, 6) is -0.302. The van der Waals surface area contributed by atoms with E-state index in [0.29, 0.717) is 13.1 Å². The van der Waals surface area contributed by atoms with Gasteiger partial charge in [0.25, 0.3) is 0 Å². The average molecular weight is 269 g/mol. The first-order chi connectivity index (χ1) is 8.69. The van der Waals surface area contributed by atoms with Crippen molar-refractivity contribution in [3.05, 3.63) is 35.9 Å². The number of alkyl halides is 1. The molecule has 1 aromatic rings. The second kappa shape index (κ2) is 6.18. The molecular formula is C13H17ClN2O2. The van der Waals surface area contributed by atoms with Crippen LogP contribution in [0.25, 0.3) is 0 Å². The SMILES string of the molecule is O=C(CCl)NC1CN(Cc2ccccc2)CC1O. The molecule has 1 saturated heterocycles. The van der Waals surface area contributed by atoms with Gasteiger partial charge in [0.05, 0.1) is 12.1 Å². The lowest BCUT2D eigenvalue weighted by molar-refractivity contribution is -0.119. The molecule has 2 unspecified atom stereocenters. The molecule has 98 valence electrons. The van der Waals surface area contributed by atoms with Crippen LogP contribution >= 0.6 is 11.6 Å². The molecule has 18 heavy (non-hydrogen) atoms. The third-order valence-corrected chi connectivity index (χ3v) is 3.32. The number of carbonyl (C=O) groups is 1. The molecule has 0 spiro atoms. The molecule has 0 saturated carbocycles. The van der Waals surface area contributed by atoms with Crippen molar-refractivity contribution in [3.8, 4) is 0 Å². The van der Waals surface area contributed by atoms with Gasteiger partial charge < -0.3 is 10.4 Å². The third kappa shape index (κ3) is 3.45. The van der Waals surface area contributed by atoms with E-state index in [-0.39, 0.29) is 17.8 Å². The molecule has 0 bridgehead atoms. The molecule has 1 fully saturated rings. The summed E-state index contributed by atoms with van der Waals surface area (Å²) >= 11 is 5.44. The minimum atomic E-state index is -0.527. The molecule has 0 radical (unpaired) electrons. The number of aliphatic hydroxyl groups is 1. The Kier molecular flexibility index (Phi) is 4.58. The Hall–Kier alpha value is -1.10. The number of hydrogen-bond acceptors (Lipinski definition) is 3. The number of amides is 1. The lowest BCUT2D eigenvalue weighted by Crippen LogP contribution is -2.43. The van der Waals surface area contributed by atoms with Gasteiger partial charge in [-0.05, 0) is 5.56 Å². The molecule has 1 heterocycles. The van der Waals surface area contributed by atoms with E-state index < -0.39 is 6.10 Å². The van der Waals surface area contributed by atoms with E-state index >= 15 is 0 Å². The van der Waals surface area contributed by atoms with Crippen molar-refractivity contribution in [2.45, 2.75) is 18.7 Å². The summed E-state index contributed by atoms with van der Waals surface area (Å²) in [6.07, 6.45) is -0.527. The second-order valence-electron chi connectivity index (χ2n) is 4.55. The summed E-state index contributed by atoms with van der Waals surface area (Å²) < 4.78 is 0. The molecule has 1 aliphatic rings. The van der Waals surface area contributed by atoms with E-state index in [4.69, 9.17) is 11.6 Å². The highest BCUT2D eigenvalue weighted by molar-refractivity contribution is 6.27. The van der Waals surface area contributed by atoms with Gasteiger partial charge in [-0.2, -0.15) is 0 Å². The van der Waals surface area contributed by atoms with Gasteiger partial charge in [0.2, 0.25) is 5.91 Å². The highest BCUT2D eigenvalue weighted by Crippen LogP contribution is 2.14. The maximum absolute atomic E-state index is 11.2. The number of nitrogens with one attached hydrogen (secondary N) is 1. The number of β-amino-alcohol motifs (C(OH)–C–C–N with tert-alkyl or cyclic N) is 1. The zero-order valence-electron chi connectivity index (χ0n) is 10.1. The number of rotatable bonds is 4. The van der Waals surface area contributed by atoms with Crippen molar-refractivity contribution in [3.63, 3.8) is 0 Å². The second-order valence-corrected chi connectivity index (χ2v) is 4.82. The number of nitrogens with zero attached hydrogens (tertiary/aromatic N) is 1. The Morgan fingerprint density at radius 3 is 2.78 bits per heavy atom. The monoisotopic (exact) mass is 268 g/mol. The van der Waals surface area contributed by atoms with Crippen LogP contribution in [-0.2, 0) is 11.3 Å². The van der Waals surface area contributed by atoms with Crippen molar-refractivity contribution < 1.29 is 9.90 Å². The van der Waals surface area contributed by atoms with Gasteiger partial charge in [-0.3, -0.25) is 9.69 Å². The minimum Gasteiger partial charge on any atom is -0.390 e. The normalized spacial score (nSPS) is 24.1. The van der Waals surface area contributed by atoms with Crippen LogP contribution in [0.3, 0.4) is 0 Å². The summed E-state index contributed by atoms with van der Waals surface area (Å²) in [4.78, 5) is 13.3. The van der Waals surface area contributed by atoms with Crippen molar-refractivity contribution in [1.82, 2.24) is 10.2 Å². The number of carbonyl (C=O) groups excluding carboxylic acids is 1. The van der Waals surface area contributed by atoms with Crippen molar-refractivity contribution in [1.29, 1.82) is 0 Å². The van der Waals surface area contributed by atoms with Crippen molar-refractivity contribution in [2.24, 2.45) is 0 Å². The molecule has 1 aliphatic heterocycles. The van der Waals surface area contributed by atoms with Gasteiger partial charge in [-0.15, -0.1) is 11.6 Å². The molecule has 0 aliphatic carbocycles. The third-order valence-electron chi connectivity index (χ3n) is 3.08. The van der Waals surface area contributed by atoms with Crippen LogP contribution < -0.4 is 5.32 Å². The first kappa shape index (κ1) is 13.3. The Morgan fingerprint density at radius 2 is 2.11 bits per heavy atom. The summed E-state index contributed by atoms with van der Waals surface area (Å²) in [6.45, 7) is 2.01. The fourth-order valence-electron chi connectivity index (χ4n) is 2.22. The van der Waals surface area contributed by atoms with Crippen LogP contribution in [0.2, 0.25) is 0 Å². The summed E-state index contributed by atoms with van der Waals surface area (Å²) in [7, 11) is 0. The minimum absolute atomic E-state index is 0.0676. The molecule has 2 N–H and O–H groups in total. The standard InChI is InChI=1S/C13H17ClN2O2/c14-6-13(18)15-11-8-16(9-12(11)17)7-10-4-2-1-3-5-10/h1-5,11-12,17H,6-9H2,(H,15,18). The molecule has 2 atom stereocenters. The highest BCUT2D eigenvalue weighted by Gasteiger charge is 2.31. The Balaban J connectivity index is 1.88. The number of likely N-dealkylation sites (tertiary alicyclic amines) is 1. The van der Waals surface area contributed by atoms with Crippen LogP contribution in [0.1, 0.15) is 5.56 Å². The van der Waals surface area contributed by atoms with Crippen molar-refractivity contribution >= 4 is 17.5 Å². The van der Waals surface area contributed by atoms with Crippen LogP contribution in [0.15, 0.2) is 30.3 Å². The Labute approximate surface area is 112 Å². The van der Waals surface area contributed by atoms with Gasteiger partial charge in [0, 0.05) is 19.6 Å². The topological polar surface area (TPSA) is 52.6 Å². The Morgan fingerprint density at radius 1 is 1.39 bits per heavy atom. The maximum atomic E-state index is 11.2. The van der Waals surface area contributed by atoms with Gasteiger partial charge >= 0.3 is 0 Å². The number of benzene rings is 1. The molecule has 2 rings (SSSR count). The molecule has 5 heteroatoms. The summed E-state index contributed by atoms with van der Waals surface area (Å²) in [5.41, 5.74) is 1.20. The zero-order chi connectivity index (χ0) is 13.0. The summed E-state index contributed by atoms with van der Waals surface area (Å²) in [6, 6.07) is 9.85. The van der Waals surface area contributed by atoms with Crippen LogP contribution in [0, 0.1) is 0 Å².